The van der Waals surface area contributed by atoms with E-state index in [2.05, 4.69) is 20.8 Å². The number of rotatable bonds is 20. The number of benzene rings is 3. The first-order chi connectivity index (χ1) is 23.9. The van der Waals surface area contributed by atoms with E-state index >= 15 is 0 Å². The number of amides is 2. The van der Waals surface area contributed by atoms with E-state index < -0.39 is 40.2 Å². The molecule has 7 N–H and O–H groups in total. The highest BCUT2D eigenvalue weighted by molar-refractivity contribution is 7.89. The molecule has 270 valence electrons. The highest BCUT2D eigenvalue weighted by Crippen LogP contribution is 2.20. The molecule has 3 aromatic carbocycles. The van der Waals surface area contributed by atoms with Gasteiger partial charge in [0, 0.05) is 19.6 Å². The number of aliphatic hydroxyl groups is 1. The summed E-state index contributed by atoms with van der Waals surface area (Å²) in [6.45, 7) is 3.56. The SMILES string of the molecule is CC(C)CN(C[C@@H](O)[C@H](Cc1ccccc1)NC(=O)[C@H](CCCN=C(N)N)NC(=O)OCc1ccccc1)S(=O)(=O)c1ccc(CN=O)cc1. The molecule has 3 atom stereocenters. The number of carbonyl (C=O) groups excluding carboxylic acids is 2. The Labute approximate surface area is 293 Å². The lowest BCUT2D eigenvalue weighted by molar-refractivity contribution is -0.124. The molecule has 0 bridgehead atoms. The number of carbonyl (C=O) groups is 2. The highest BCUT2D eigenvalue weighted by Gasteiger charge is 2.33. The summed E-state index contributed by atoms with van der Waals surface area (Å²) < 4.78 is 34.2. The van der Waals surface area contributed by atoms with Crippen LogP contribution in [0.2, 0.25) is 0 Å². The molecule has 2 amide bonds. The number of ether oxygens (including phenoxy) is 1. The van der Waals surface area contributed by atoms with Crippen LogP contribution in [0.5, 0.6) is 0 Å². The minimum Gasteiger partial charge on any atom is -0.445 e. The van der Waals surface area contributed by atoms with Crippen molar-refractivity contribution in [1.82, 2.24) is 14.9 Å². The lowest BCUT2D eigenvalue weighted by atomic mass is 10.00. The van der Waals surface area contributed by atoms with Crippen molar-refractivity contribution in [2.45, 2.75) is 69.3 Å². The molecule has 0 saturated carbocycles. The highest BCUT2D eigenvalue weighted by atomic mass is 32.2. The van der Waals surface area contributed by atoms with Crippen LogP contribution in [0.4, 0.5) is 4.79 Å². The Morgan fingerprint density at radius 3 is 2.08 bits per heavy atom. The van der Waals surface area contributed by atoms with Gasteiger partial charge in [-0.05, 0) is 54.0 Å². The van der Waals surface area contributed by atoms with Crippen LogP contribution < -0.4 is 22.1 Å². The van der Waals surface area contributed by atoms with Gasteiger partial charge in [0.25, 0.3) is 0 Å². The van der Waals surface area contributed by atoms with Crippen LogP contribution in [-0.4, -0.2) is 73.6 Å². The predicted octanol–water partition coefficient (Wildman–Crippen LogP) is 3.04. The lowest BCUT2D eigenvalue weighted by Gasteiger charge is -2.31. The Bertz CT molecular complexity index is 1640. The number of nitrogens with one attached hydrogen (secondary N) is 2. The molecule has 0 unspecified atom stereocenters. The minimum absolute atomic E-state index is 0.0114. The van der Waals surface area contributed by atoms with Crippen LogP contribution in [0.1, 0.15) is 43.4 Å². The quantitative estimate of drug-likeness (QED) is 0.0503. The first-order valence-corrected chi connectivity index (χ1v) is 17.8. The van der Waals surface area contributed by atoms with Crippen molar-refractivity contribution in [3.63, 3.8) is 0 Å². The van der Waals surface area contributed by atoms with E-state index in [4.69, 9.17) is 16.2 Å². The van der Waals surface area contributed by atoms with Crippen LogP contribution >= 0.6 is 0 Å². The molecule has 0 radical (unpaired) electrons. The molecule has 0 heterocycles. The van der Waals surface area contributed by atoms with Gasteiger partial charge in [-0.3, -0.25) is 9.79 Å². The molecule has 0 aliphatic rings. The van der Waals surface area contributed by atoms with Gasteiger partial charge in [-0.1, -0.05) is 91.8 Å². The molecule has 3 aromatic rings. The van der Waals surface area contributed by atoms with E-state index in [0.29, 0.717) is 12.0 Å². The van der Waals surface area contributed by atoms with Crippen molar-refractivity contribution in [2.24, 2.45) is 27.6 Å². The lowest BCUT2D eigenvalue weighted by Crippen LogP contribution is -2.55. The van der Waals surface area contributed by atoms with Crippen molar-refractivity contribution in [1.29, 1.82) is 0 Å². The second-order valence-electron chi connectivity index (χ2n) is 12.2. The van der Waals surface area contributed by atoms with Crippen LogP contribution in [0.25, 0.3) is 0 Å². The fraction of sp³-hybridized carbons (Fsp3) is 0.400. The van der Waals surface area contributed by atoms with Crippen LogP contribution in [0.3, 0.4) is 0 Å². The van der Waals surface area contributed by atoms with Gasteiger partial charge in [0.2, 0.25) is 15.9 Å². The number of nitrogens with two attached hydrogens (primary N) is 2. The van der Waals surface area contributed by atoms with E-state index in [1.807, 2.05) is 62.4 Å². The van der Waals surface area contributed by atoms with Crippen molar-refractivity contribution in [2.75, 3.05) is 19.6 Å². The number of hydrogen-bond acceptors (Lipinski definition) is 9. The molecule has 3 rings (SSSR count). The first-order valence-electron chi connectivity index (χ1n) is 16.3. The molecule has 14 nitrogen and oxygen atoms in total. The van der Waals surface area contributed by atoms with E-state index in [-0.39, 0.29) is 62.4 Å². The van der Waals surface area contributed by atoms with Gasteiger partial charge < -0.3 is 31.9 Å². The van der Waals surface area contributed by atoms with Gasteiger partial charge in [0.1, 0.15) is 19.2 Å². The molecular weight excluding hydrogens is 662 g/mol. The summed E-state index contributed by atoms with van der Waals surface area (Å²) in [5.74, 6) is -0.815. The molecule has 0 aromatic heterocycles. The van der Waals surface area contributed by atoms with Crippen LogP contribution in [-0.2, 0) is 39.1 Å². The molecule has 0 aliphatic carbocycles. The van der Waals surface area contributed by atoms with E-state index in [9.17, 15) is 28.0 Å². The number of aliphatic hydroxyl groups excluding tert-OH is 1. The third-order valence-corrected chi connectivity index (χ3v) is 9.47. The summed E-state index contributed by atoms with van der Waals surface area (Å²) in [6, 6.07) is 22.0. The second kappa shape index (κ2) is 20.0. The maximum Gasteiger partial charge on any atom is 0.408 e. The molecule has 50 heavy (non-hydrogen) atoms. The first kappa shape index (κ1) is 39.6. The van der Waals surface area contributed by atoms with Gasteiger partial charge in [0.15, 0.2) is 5.96 Å². The Hall–Kier alpha value is -4.86. The monoisotopic (exact) mass is 709 g/mol. The average molecular weight is 710 g/mol. The van der Waals surface area contributed by atoms with Gasteiger partial charge in [-0.25, -0.2) is 13.2 Å². The number of aliphatic imine (C=N–C) groups is 1. The van der Waals surface area contributed by atoms with Gasteiger partial charge in [-0.2, -0.15) is 9.21 Å². The minimum atomic E-state index is -4.10. The van der Waals surface area contributed by atoms with Crippen molar-refractivity contribution >= 4 is 28.0 Å². The fourth-order valence-corrected chi connectivity index (χ4v) is 6.74. The second-order valence-corrected chi connectivity index (χ2v) is 14.2. The zero-order valence-electron chi connectivity index (χ0n) is 28.4. The van der Waals surface area contributed by atoms with Gasteiger partial charge in [0.05, 0.1) is 17.0 Å². The third kappa shape index (κ3) is 13.2. The molecule has 0 saturated heterocycles. The summed E-state index contributed by atoms with van der Waals surface area (Å²) in [5, 5.41) is 20.0. The molecular formula is C35H47N7O7S. The van der Waals surface area contributed by atoms with Crippen LogP contribution in [0, 0.1) is 10.8 Å². The zero-order valence-corrected chi connectivity index (χ0v) is 29.2. The standard InChI is InChI=1S/C35H47N7O7S/c1-25(2)22-42(50(47,48)29-17-15-27(16-18-29)21-39-46)23-32(43)31(20-26-10-5-3-6-11-26)40-33(44)30(14-9-19-38-34(36)37)41-35(45)49-24-28-12-7-4-8-13-28/h3-8,10-13,15-18,25,30-32,43H,9,14,19-24H2,1-2H3,(H,40,44)(H,41,45)(H4,36,37,38)/t30-,31-,32+/m0/s1. The van der Waals surface area contributed by atoms with Crippen molar-refractivity contribution in [3.8, 4) is 0 Å². The summed E-state index contributed by atoms with van der Waals surface area (Å²) in [6.07, 6.45) is -1.54. The molecule has 0 fully saturated rings. The maximum atomic E-state index is 13.8. The number of nitroso groups, excluding NO2 is 1. The zero-order chi connectivity index (χ0) is 36.5. The Morgan fingerprint density at radius 2 is 1.50 bits per heavy atom. The molecule has 0 aliphatic heterocycles. The molecule has 15 heteroatoms. The Kier molecular flexibility index (Phi) is 15.8. The summed E-state index contributed by atoms with van der Waals surface area (Å²) in [4.78, 5) is 41.2. The summed E-state index contributed by atoms with van der Waals surface area (Å²) >= 11 is 0. The Balaban J connectivity index is 1.85. The Morgan fingerprint density at radius 1 is 0.880 bits per heavy atom. The largest absolute Gasteiger partial charge is 0.445 e. The predicted molar refractivity (Wildman–Crippen MR) is 191 cm³/mol. The maximum absolute atomic E-state index is 13.8. The normalized spacial score (nSPS) is 13.2. The number of nitrogens with zero attached hydrogens (tertiary/aromatic N) is 3. The smallest absolute Gasteiger partial charge is 0.408 e. The van der Waals surface area contributed by atoms with E-state index in [0.717, 1.165) is 11.1 Å². The van der Waals surface area contributed by atoms with Crippen LogP contribution in [0.15, 0.2) is 100.0 Å². The number of guanidine groups is 1. The van der Waals surface area contributed by atoms with E-state index in [1.165, 1.54) is 28.6 Å². The summed E-state index contributed by atoms with van der Waals surface area (Å²) in [5.41, 5.74) is 13.0. The van der Waals surface area contributed by atoms with Crippen molar-refractivity contribution in [3.05, 3.63) is 107 Å². The number of sulfonamides is 1. The fourth-order valence-electron chi connectivity index (χ4n) is 5.12. The summed E-state index contributed by atoms with van der Waals surface area (Å²) in [7, 11) is -4.10. The van der Waals surface area contributed by atoms with E-state index in [1.54, 1.807) is 12.1 Å². The third-order valence-electron chi connectivity index (χ3n) is 7.62. The topological polar surface area (TPSA) is 219 Å². The average Bonchev–Trinajstić information content (AvgIpc) is 3.09. The van der Waals surface area contributed by atoms with Gasteiger partial charge >= 0.3 is 6.09 Å². The van der Waals surface area contributed by atoms with Crippen molar-refractivity contribution < 1.29 is 27.9 Å². The number of alkyl carbamates (subject to hydrolysis) is 1. The van der Waals surface area contributed by atoms with Gasteiger partial charge in [-0.15, -0.1) is 0 Å². The molecule has 0 spiro atoms. The number of hydrogen-bond donors (Lipinski definition) is 5.